The number of nitrogens with zero attached hydrogens (tertiary/aromatic N) is 1. The van der Waals surface area contributed by atoms with Gasteiger partial charge in [-0.3, -0.25) is 4.79 Å². The summed E-state index contributed by atoms with van der Waals surface area (Å²) in [5, 5.41) is 0. The highest BCUT2D eigenvalue weighted by Gasteiger charge is 2.02. The Kier molecular flexibility index (Phi) is 3.55. The van der Waals surface area contributed by atoms with Crippen LogP contribution in [0.3, 0.4) is 0 Å². The van der Waals surface area contributed by atoms with Crippen LogP contribution in [0, 0.1) is 0 Å². The van der Waals surface area contributed by atoms with E-state index in [1.165, 1.54) is 6.33 Å². The molecule has 0 fully saturated rings. The fourth-order valence-electron chi connectivity index (χ4n) is 1.50. The van der Waals surface area contributed by atoms with Gasteiger partial charge < -0.3 is 9.72 Å². The third-order valence-corrected chi connectivity index (χ3v) is 2.36. The first-order valence-corrected chi connectivity index (χ1v) is 5.57. The normalized spacial score (nSPS) is 10.2. The van der Waals surface area contributed by atoms with Crippen molar-refractivity contribution < 1.29 is 4.74 Å². The molecule has 1 N–H and O–H groups in total. The van der Waals surface area contributed by atoms with Gasteiger partial charge in [-0.2, -0.15) is 0 Å². The maximum Gasteiger partial charge on any atom is 0.258 e. The molecule has 88 valence electrons. The Morgan fingerprint density at radius 2 is 2.06 bits per heavy atom. The molecular formula is C13H14N2O2. The highest BCUT2D eigenvalue weighted by atomic mass is 16.5. The zero-order valence-electron chi connectivity index (χ0n) is 9.64. The first-order chi connectivity index (χ1) is 8.31. The lowest BCUT2D eigenvalue weighted by molar-refractivity contribution is 0.317. The molecule has 1 aromatic heterocycles. The van der Waals surface area contributed by atoms with Crippen LogP contribution >= 0.6 is 0 Å². The molecule has 0 aliphatic rings. The quantitative estimate of drug-likeness (QED) is 0.876. The predicted octanol–water partition coefficient (Wildman–Crippen LogP) is 2.23. The molecule has 0 atom stereocenters. The molecule has 0 amide bonds. The first kappa shape index (κ1) is 11.4. The molecule has 17 heavy (non-hydrogen) atoms. The summed E-state index contributed by atoms with van der Waals surface area (Å²) in [5.41, 5.74) is 1.26. The molecule has 1 aromatic carbocycles. The van der Waals surface area contributed by atoms with Crippen LogP contribution in [0.1, 0.15) is 13.3 Å². The molecule has 0 bridgehead atoms. The van der Waals surface area contributed by atoms with Crippen LogP contribution in [0.4, 0.5) is 0 Å². The smallest absolute Gasteiger partial charge is 0.258 e. The monoisotopic (exact) mass is 230 g/mol. The molecule has 4 heteroatoms. The van der Waals surface area contributed by atoms with Crippen molar-refractivity contribution in [1.29, 1.82) is 0 Å². The standard InChI is InChI=1S/C13H14N2O2/c1-2-7-17-11-5-3-10(4-6-11)12-8-14-9-15-13(12)16/h3-6,8-9H,2,7H2,1H3,(H,14,15,16). The molecule has 0 saturated heterocycles. The predicted molar refractivity (Wildman–Crippen MR) is 66.1 cm³/mol. The number of hydrogen-bond donors (Lipinski definition) is 1. The molecule has 0 radical (unpaired) electrons. The van der Waals surface area contributed by atoms with Gasteiger partial charge in [0.2, 0.25) is 0 Å². The summed E-state index contributed by atoms with van der Waals surface area (Å²) in [4.78, 5) is 18.0. The number of nitrogens with one attached hydrogen (secondary N) is 1. The van der Waals surface area contributed by atoms with Crippen molar-refractivity contribution in [3.8, 4) is 16.9 Å². The van der Waals surface area contributed by atoms with Gasteiger partial charge in [0, 0.05) is 6.20 Å². The maximum atomic E-state index is 11.5. The van der Waals surface area contributed by atoms with E-state index >= 15 is 0 Å². The van der Waals surface area contributed by atoms with Crippen molar-refractivity contribution in [3.05, 3.63) is 47.1 Å². The SMILES string of the molecule is CCCOc1ccc(-c2cnc[nH]c2=O)cc1. The molecule has 1 heterocycles. The van der Waals surface area contributed by atoms with E-state index in [4.69, 9.17) is 4.74 Å². The van der Waals surface area contributed by atoms with E-state index in [0.717, 1.165) is 17.7 Å². The van der Waals surface area contributed by atoms with Gasteiger partial charge in [-0.15, -0.1) is 0 Å². The third-order valence-electron chi connectivity index (χ3n) is 2.36. The lowest BCUT2D eigenvalue weighted by atomic mass is 10.1. The second kappa shape index (κ2) is 5.30. The van der Waals surface area contributed by atoms with Gasteiger partial charge in [-0.05, 0) is 24.1 Å². The van der Waals surface area contributed by atoms with Crippen LogP contribution in [-0.2, 0) is 0 Å². The molecule has 4 nitrogen and oxygen atoms in total. The van der Waals surface area contributed by atoms with E-state index < -0.39 is 0 Å². The molecular weight excluding hydrogens is 216 g/mol. The highest BCUT2D eigenvalue weighted by molar-refractivity contribution is 5.61. The van der Waals surface area contributed by atoms with Gasteiger partial charge in [-0.25, -0.2) is 4.98 Å². The van der Waals surface area contributed by atoms with Crippen LogP contribution in [-0.4, -0.2) is 16.6 Å². The third kappa shape index (κ3) is 2.72. The van der Waals surface area contributed by atoms with Gasteiger partial charge in [0.05, 0.1) is 18.5 Å². The lowest BCUT2D eigenvalue weighted by Crippen LogP contribution is -2.08. The fourth-order valence-corrected chi connectivity index (χ4v) is 1.50. The second-order valence-corrected chi connectivity index (χ2v) is 3.67. The Morgan fingerprint density at radius 3 is 2.71 bits per heavy atom. The zero-order valence-corrected chi connectivity index (χ0v) is 9.64. The maximum absolute atomic E-state index is 11.5. The Balaban J connectivity index is 2.24. The Bertz CT molecular complexity index is 532. The van der Waals surface area contributed by atoms with Crippen molar-refractivity contribution in [2.75, 3.05) is 6.61 Å². The number of benzene rings is 1. The Labute approximate surface area is 99.3 Å². The van der Waals surface area contributed by atoms with Crippen LogP contribution in [0.2, 0.25) is 0 Å². The van der Waals surface area contributed by atoms with Gasteiger partial charge in [0.15, 0.2) is 0 Å². The minimum absolute atomic E-state index is 0.137. The van der Waals surface area contributed by atoms with Crippen molar-refractivity contribution in [1.82, 2.24) is 9.97 Å². The van der Waals surface area contributed by atoms with Crippen LogP contribution in [0.5, 0.6) is 5.75 Å². The minimum atomic E-state index is -0.137. The molecule has 2 aromatic rings. The van der Waals surface area contributed by atoms with Gasteiger partial charge in [0.25, 0.3) is 5.56 Å². The average molecular weight is 230 g/mol. The van der Waals surface area contributed by atoms with Crippen molar-refractivity contribution in [3.63, 3.8) is 0 Å². The van der Waals surface area contributed by atoms with Gasteiger partial charge in [-0.1, -0.05) is 19.1 Å². The number of rotatable bonds is 4. The van der Waals surface area contributed by atoms with Crippen molar-refractivity contribution in [2.24, 2.45) is 0 Å². The Morgan fingerprint density at radius 1 is 1.29 bits per heavy atom. The van der Waals surface area contributed by atoms with Crippen LogP contribution in [0.25, 0.3) is 11.1 Å². The number of ether oxygens (including phenoxy) is 1. The van der Waals surface area contributed by atoms with Crippen LogP contribution in [0.15, 0.2) is 41.6 Å². The largest absolute Gasteiger partial charge is 0.494 e. The van der Waals surface area contributed by atoms with E-state index in [1.54, 1.807) is 6.20 Å². The zero-order chi connectivity index (χ0) is 12.1. The minimum Gasteiger partial charge on any atom is -0.494 e. The summed E-state index contributed by atoms with van der Waals surface area (Å²) >= 11 is 0. The Hall–Kier alpha value is -2.10. The molecule has 0 unspecified atom stereocenters. The first-order valence-electron chi connectivity index (χ1n) is 5.57. The average Bonchev–Trinajstić information content (AvgIpc) is 2.38. The summed E-state index contributed by atoms with van der Waals surface area (Å²) in [6.45, 7) is 2.76. The number of H-pyrrole nitrogens is 1. The van der Waals surface area contributed by atoms with Crippen molar-refractivity contribution >= 4 is 0 Å². The van der Waals surface area contributed by atoms with E-state index in [9.17, 15) is 4.79 Å². The van der Waals surface area contributed by atoms with E-state index in [1.807, 2.05) is 24.3 Å². The summed E-state index contributed by atoms with van der Waals surface area (Å²) in [6.07, 6.45) is 3.91. The van der Waals surface area contributed by atoms with E-state index in [2.05, 4.69) is 16.9 Å². The topological polar surface area (TPSA) is 55.0 Å². The molecule has 0 spiro atoms. The van der Waals surface area contributed by atoms with Crippen molar-refractivity contribution in [2.45, 2.75) is 13.3 Å². The number of aromatic amines is 1. The van der Waals surface area contributed by atoms with E-state index in [-0.39, 0.29) is 5.56 Å². The van der Waals surface area contributed by atoms with E-state index in [0.29, 0.717) is 12.2 Å². The number of aromatic nitrogens is 2. The lowest BCUT2D eigenvalue weighted by Gasteiger charge is -2.05. The summed E-state index contributed by atoms with van der Waals surface area (Å²) in [5.74, 6) is 0.816. The highest BCUT2D eigenvalue weighted by Crippen LogP contribution is 2.18. The summed E-state index contributed by atoms with van der Waals surface area (Å²) < 4.78 is 5.47. The van der Waals surface area contributed by atoms with Gasteiger partial charge >= 0.3 is 0 Å². The molecule has 0 aliphatic carbocycles. The van der Waals surface area contributed by atoms with Crippen LogP contribution < -0.4 is 10.3 Å². The number of hydrogen-bond acceptors (Lipinski definition) is 3. The summed E-state index contributed by atoms with van der Waals surface area (Å²) in [6, 6.07) is 7.43. The molecule has 0 saturated carbocycles. The fraction of sp³-hybridized carbons (Fsp3) is 0.231. The molecule has 2 rings (SSSR count). The molecule has 0 aliphatic heterocycles. The second-order valence-electron chi connectivity index (χ2n) is 3.67. The van der Waals surface area contributed by atoms with Gasteiger partial charge in [0.1, 0.15) is 5.75 Å². The summed E-state index contributed by atoms with van der Waals surface area (Å²) in [7, 11) is 0.